The number of halogens is 3. The number of rotatable bonds is 6. The number of nitrogens with zero attached hydrogens (tertiary/aromatic N) is 1. The lowest BCUT2D eigenvalue weighted by molar-refractivity contribution is -0.137. The lowest BCUT2D eigenvalue weighted by atomic mass is 10.1. The van der Waals surface area contributed by atoms with Gasteiger partial charge in [0.05, 0.1) is 18.5 Å². The van der Waals surface area contributed by atoms with Gasteiger partial charge in [-0.15, -0.1) is 0 Å². The van der Waals surface area contributed by atoms with Crippen molar-refractivity contribution in [2.75, 3.05) is 5.43 Å². The van der Waals surface area contributed by atoms with Crippen molar-refractivity contribution in [3.05, 3.63) is 30.3 Å². The van der Waals surface area contributed by atoms with Crippen molar-refractivity contribution >= 4 is 17.4 Å². The number of benzene rings is 1. The molecular formula is C12H13F3N2O2. The standard InChI is InChI=1S/C12H13F3N2O2/c13-12(14,15)8-10(6-7-11(18)19)17-16-9-4-2-1-3-5-9/h1-5,16H,6-8H2,(H,18,19). The van der Waals surface area contributed by atoms with E-state index in [1.54, 1.807) is 30.3 Å². The van der Waals surface area contributed by atoms with Gasteiger partial charge in [0.25, 0.3) is 0 Å². The number of hydrazone groups is 1. The van der Waals surface area contributed by atoms with E-state index in [0.29, 0.717) is 5.69 Å². The molecule has 1 aromatic rings. The summed E-state index contributed by atoms with van der Waals surface area (Å²) < 4.78 is 36.9. The number of para-hydroxylation sites is 1. The second kappa shape index (κ2) is 6.77. The van der Waals surface area contributed by atoms with Gasteiger partial charge < -0.3 is 5.11 Å². The van der Waals surface area contributed by atoms with Crippen LogP contribution in [0.5, 0.6) is 0 Å². The molecular weight excluding hydrogens is 261 g/mol. The zero-order chi connectivity index (χ0) is 14.3. The first-order valence-electron chi connectivity index (χ1n) is 5.52. The SMILES string of the molecule is O=C(O)CCC(CC(F)(F)F)=NNc1ccccc1. The smallest absolute Gasteiger partial charge is 0.394 e. The summed E-state index contributed by atoms with van der Waals surface area (Å²) in [5.41, 5.74) is 2.79. The maximum Gasteiger partial charge on any atom is 0.394 e. The van der Waals surface area contributed by atoms with Crippen molar-refractivity contribution in [3.8, 4) is 0 Å². The van der Waals surface area contributed by atoms with Crippen LogP contribution in [0.1, 0.15) is 19.3 Å². The van der Waals surface area contributed by atoms with Crippen molar-refractivity contribution in [1.82, 2.24) is 0 Å². The number of carboxylic acid groups (broad SMARTS) is 1. The maximum atomic E-state index is 12.3. The van der Waals surface area contributed by atoms with Crippen LogP contribution in [-0.4, -0.2) is 23.0 Å². The third kappa shape index (κ3) is 7.07. The van der Waals surface area contributed by atoms with Gasteiger partial charge in [-0.05, 0) is 18.6 Å². The molecule has 0 saturated heterocycles. The molecule has 0 unspecified atom stereocenters. The fourth-order valence-electron chi connectivity index (χ4n) is 1.32. The number of carboxylic acids is 1. The predicted octanol–water partition coefficient (Wildman–Crippen LogP) is 3.27. The molecule has 0 amide bonds. The lowest BCUT2D eigenvalue weighted by Crippen LogP contribution is -2.17. The number of nitrogens with one attached hydrogen (secondary N) is 1. The highest BCUT2D eigenvalue weighted by Crippen LogP contribution is 2.22. The molecule has 0 heterocycles. The van der Waals surface area contributed by atoms with Gasteiger partial charge >= 0.3 is 12.1 Å². The third-order valence-corrected chi connectivity index (χ3v) is 2.15. The summed E-state index contributed by atoms with van der Waals surface area (Å²) in [6, 6.07) is 8.46. The van der Waals surface area contributed by atoms with Gasteiger partial charge in [-0.2, -0.15) is 18.3 Å². The lowest BCUT2D eigenvalue weighted by Gasteiger charge is -2.09. The second-order valence-electron chi connectivity index (χ2n) is 3.84. The van der Waals surface area contributed by atoms with E-state index < -0.39 is 18.6 Å². The van der Waals surface area contributed by atoms with Gasteiger partial charge in [0.1, 0.15) is 0 Å². The minimum absolute atomic E-state index is 0.237. The molecule has 0 bridgehead atoms. The second-order valence-corrected chi connectivity index (χ2v) is 3.84. The summed E-state index contributed by atoms with van der Waals surface area (Å²) in [6.07, 6.45) is -6.25. The number of carbonyl (C=O) groups is 1. The molecule has 4 nitrogen and oxygen atoms in total. The van der Waals surface area contributed by atoms with Crippen molar-refractivity contribution in [2.45, 2.75) is 25.4 Å². The Morgan fingerprint density at radius 3 is 2.37 bits per heavy atom. The maximum absolute atomic E-state index is 12.3. The van der Waals surface area contributed by atoms with Crippen LogP contribution in [0.2, 0.25) is 0 Å². The van der Waals surface area contributed by atoms with E-state index in [1.165, 1.54) is 0 Å². The van der Waals surface area contributed by atoms with Crippen molar-refractivity contribution in [1.29, 1.82) is 0 Å². The van der Waals surface area contributed by atoms with Crippen molar-refractivity contribution in [3.63, 3.8) is 0 Å². The number of hydrogen-bond donors (Lipinski definition) is 2. The zero-order valence-corrected chi connectivity index (χ0v) is 9.94. The van der Waals surface area contributed by atoms with Gasteiger partial charge in [-0.1, -0.05) is 18.2 Å². The number of aliphatic carboxylic acids is 1. The molecule has 0 radical (unpaired) electrons. The Morgan fingerprint density at radius 2 is 1.84 bits per heavy atom. The number of anilines is 1. The first-order valence-corrected chi connectivity index (χ1v) is 5.52. The van der Waals surface area contributed by atoms with Crippen LogP contribution in [0, 0.1) is 0 Å². The molecule has 0 aliphatic carbocycles. The van der Waals surface area contributed by atoms with Gasteiger partial charge in [-0.3, -0.25) is 10.2 Å². The molecule has 104 valence electrons. The molecule has 0 aromatic heterocycles. The van der Waals surface area contributed by atoms with E-state index in [9.17, 15) is 18.0 Å². The quantitative estimate of drug-likeness (QED) is 0.618. The fourth-order valence-corrected chi connectivity index (χ4v) is 1.32. The first-order chi connectivity index (χ1) is 8.87. The summed E-state index contributed by atoms with van der Waals surface area (Å²) in [7, 11) is 0. The highest BCUT2D eigenvalue weighted by atomic mass is 19.4. The van der Waals surface area contributed by atoms with E-state index >= 15 is 0 Å². The average molecular weight is 274 g/mol. The Kier molecular flexibility index (Phi) is 5.35. The van der Waals surface area contributed by atoms with Crippen LogP contribution in [0.15, 0.2) is 35.4 Å². The molecule has 0 aliphatic heterocycles. The summed E-state index contributed by atoms with van der Waals surface area (Å²) in [6.45, 7) is 0. The van der Waals surface area contributed by atoms with E-state index in [2.05, 4.69) is 10.5 Å². The first kappa shape index (κ1) is 15.0. The molecule has 19 heavy (non-hydrogen) atoms. The highest BCUT2D eigenvalue weighted by molar-refractivity contribution is 5.88. The van der Waals surface area contributed by atoms with Gasteiger partial charge in [0.15, 0.2) is 0 Å². The van der Waals surface area contributed by atoms with Crippen LogP contribution in [0.25, 0.3) is 0 Å². The Bertz CT molecular complexity index is 444. The highest BCUT2D eigenvalue weighted by Gasteiger charge is 2.29. The topological polar surface area (TPSA) is 61.7 Å². The van der Waals surface area contributed by atoms with E-state index in [1.807, 2.05) is 0 Å². The molecule has 1 aromatic carbocycles. The Hall–Kier alpha value is -2.05. The van der Waals surface area contributed by atoms with Gasteiger partial charge in [-0.25, -0.2) is 0 Å². The van der Waals surface area contributed by atoms with Crippen LogP contribution < -0.4 is 5.43 Å². The zero-order valence-electron chi connectivity index (χ0n) is 9.94. The van der Waals surface area contributed by atoms with Gasteiger partial charge in [0, 0.05) is 5.71 Å². The van der Waals surface area contributed by atoms with Gasteiger partial charge in [0.2, 0.25) is 0 Å². The molecule has 0 saturated carbocycles. The normalized spacial score (nSPS) is 12.3. The van der Waals surface area contributed by atoms with E-state index in [4.69, 9.17) is 5.11 Å². The van der Waals surface area contributed by atoms with Crippen LogP contribution in [0.4, 0.5) is 18.9 Å². The minimum Gasteiger partial charge on any atom is -0.481 e. The van der Waals surface area contributed by atoms with Crippen molar-refractivity contribution in [2.24, 2.45) is 5.10 Å². The van der Waals surface area contributed by atoms with E-state index in [-0.39, 0.29) is 18.6 Å². The summed E-state index contributed by atoms with van der Waals surface area (Å²) in [5.74, 6) is -1.16. The Morgan fingerprint density at radius 1 is 1.21 bits per heavy atom. The van der Waals surface area contributed by atoms with E-state index in [0.717, 1.165) is 0 Å². The average Bonchev–Trinajstić information content (AvgIpc) is 2.32. The summed E-state index contributed by atoms with van der Waals surface area (Å²) in [4.78, 5) is 10.4. The van der Waals surface area contributed by atoms with Crippen LogP contribution >= 0.6 is 0 Å². The molecule has 0 spiro atoms. The largest absolute Gasteiger partial charge is 0.481 e. The summed E-state index contributed by atoms with van der Waals surface area (Å²) >= 11 is 0. The molecule has 7 heteroatoms. The Balaban J connectivity index is 2.68. The number of alkyl halides is 3. The fraction of sp³-hybridized carbons (Fsp3) is 0.333. The molecule has 0 atom stereocenters. The van der Waals surface area contributed by atoms with Crippen molar-refractivity contribution < 1.29 is 23.1 Å². The Labute approximate surface area is 107 Å². The minimum atomic E-state index is -4.41. The van der Waals surface area contributed by atoms with Crippen LogP contribution in [-0.2, 0) is 4.79 Å². The monoisotopic (exact) mass is 274 g/mol. The summed E-state index contributed by atoms with van der Waals surface area (Å²) in [5, 5.41) is 12.1. The predicted molar refractivity (Wildman–Crippen MR) is 65.0 cm³/mol. The number of hydrogen-bond acceptors (Lipinski definition) is 3. The molecule has 0 aliphatic rings. The molecule has 2 N–H and O–H groups in total. The third-order valence-electron chi connectivity index (χ3n) is 2.15. The molecule has 0 fully saturated rings. The van der Waals surface area contributed by atoms with Crippen LogP contribution in [0.3, 0.4) is 0 Å². The molecule has 1 rings (SSSR count).